The van der Waals surface area contributed by atoms with Crippen molar-refractivity contribution >= 4 is 18.1 Å². The lowest BCUT2D eigenvalue weighted by atomic mass is 9.62. The first-order valence-corrected chi connectivity index (χ1v) is 10.3. The molecule has 3 rings (SSSR count). The number of carboxylic acids is 1. The Hall–Kier alpha value is -2.35. The highest BCUT2D eigenvalue weighted by molar-refractivity contribution is 5.88. The molecule has 0 unspecified atom stereocenters. The van der Waals surface area contributed by atoms with Crippen LogP contribution in [0.1, 0.15) is 92.1 Å². The lowest BCUT2D eigenvalue weighted by molar-refractivity contribution is 0.0697. The van der Waals surface area contributed by atoms with Crippen LogP contribution in [-0.2, 0) is 17.3 Å². The molecule has 2 nitrogen and oxygen atoms in total. The Morgan fingerprint density at radius 3 is 2.07 bits per heavy atom. The van der Waals surface area contributed by atoms with E-state index < -0.39 is 5.97 Å². The molecule has 0 atom stereocenters. The third-order valence-corrected chi connectivity index (χ3v) is 6.24. The minimum atomic E-state index is -0.889. The van der Waals surface area contributed by atoms with Crippen LogP contribution in [-0.4, -0.2) is 11.1 Å². The smallest absolute Gasteiger partial charge is 0.335 e. The van der Waals surface area contributed by atoms with Gasteiger partial charge in [0.05, 0.1) is 5.56 Å². The molecule has 28 heavy (non-hydrogen) atoms. The Balaban J connectivity index is 2.03. The van der Waals surface area contributed by atoms with Crippen molar-refractivity contribution < 1.29 is 9.90 Å². The zero-order chi connectivity index (χ0) is 20.5. The van der Waals surface area contributed by atoms with Crippen molar-refractivity contribution in [1.29, 1.82) is 0 Å². The maximum Gasteiger partial charge on any atom is 0.335 e. The van der Waals surface area contributed by atoms with E-state index in [4.69, 9.17) is 5.11 Å². The van der Waals surface area contributed by atoms with Crippen LogP contribution in [0, 0.1) is 0 Å². The first kappa shape index (κ1) is 20.4. The monoisotopic (exact) mass is 376 g/mol. The number of hydrogen-bond donors (Lipinski definition) is 1. The fraction of sp³-hybridized carbons (Fsp3) is 0.423. The van der Waals surface area contributed by atoms with Crippen LogP contribution >= 0.6 is 0 Å². The Labute approximate surface area is 169 Å². The van der Waals surface area contributed by atoms with E-state index in [1.54, 1.807) is 12.1 Å². The van der Waals surface area contributed by atoms with Gasteiger partial charge in [0.1, 0.15) is 0 Å². The van der Waals surface area contributed by atoms with Gasteiger partial charge < -0.3 is 5.11 Å². The molecule has 1 aliphatic rings. The fourth-order valence-corrected chi connectivity index (χ4v) is 4.24. The average Bonchev–Trinajstić information content (AvgIpc) is 2.65. The molecular formula is C26H32O2. The van der Waals surface area contributed by atoms with E-state index in [-0.39, 0.29) is 10.8 Å². The van der Waals surface area contributed by atoms with E-state index in [9.17, 15) is 4.79 Å². The second-order valence-electron chi connectivity index (χ2n) is 9.37. The van der Waals surface area contributed by atoms with E-state index in [1.807, 2.05) is 12.1 Å². The number of carbonyl (C=O) groups is 1. The summed E-state index contributed by atoms with van der Waals surface area (Å²) in [6, 6.07) is 11.9. The highest BCUT2D eigenvalue weighted by Gasteiger charge is 2.37. The van der Waals surface area contributed by atoms with Gasteiger partial charge in [0.2, 0.25) is 0 Å². The molecule has 0 spiro atoms. The van der Waals surface area contributed by atoms with Crippen molar-refractivity contribution in [2.75, 3.05) is 0 Å². The van der Waals surface area contributed by atoms with Crippen molar-refractivity contribution in [3.05, 3.63) is 69.8 Å². The number of rotatable bonds is 5. The van der Waals surface area contributed by atoms with Crippen molar-refractivity contribution in [2.24, 2.45) is 0 Å². The Morgan fingerprint density at radius 1 is 0.964 bits per heavy atom. The second-order valence-corrected chi connectivity index (χ2v) is 9.37. The normalized spacial score (nSPS) is 17.5. The lowest BCUT2D eigenvalue weighted by Gasteiger charge is -2.42. The van der Waals surface area contributed by atoms with Crippen LogP contribution < -0.4 is 0 Å². The van der Waals surface area contributed by atoms with Gasteiger partial charge in [-0.3, -0.25) is 0 Å². The highest BCUT2D eigenvalue weighted by atomic mass is 16.4. The minimum Gasteiger partial charge on any atom is -0.478 e. The van der Waals surface area contributed by atoms with E-state index in [2.05, 4.69) is 58.9 Å². The van der Waals surface area contributed by atoms with Gasteiger partial charge in [0.25, 0.3) is 0 Å². The summed E-state index contributed by atoms with van der Waals surface area (Å²) in [7, 11) is 0. The predicted molar refractivity (Wildman–Crippen MR) is 118 cm³/mol. The summed E-state index contributed by atoms with van der Waals surface area (Å²) in [5.74, 6) is -0.889. The van der Waals surface area contributed by atoms with Crippen LogP contribution in [0.3, 0.4) is 0 Å². The van der Waals surface area contributed by atoms with Crippen LogP contribution in [0.4, 0.5) is 0 Å². The van der Waals surface area contributed by atoms with Gasteiger partial charge in [-0.15, -0.1) is 0 Å². The molecule has 0 heterocycles. The lowest BCUT2D eigenvalue weighted by Crippen LogP contribution is -2.34. The Morgan fingerprint density at radius 2 is 1.54 bits per heavy atom. The molecule has 0 aliphatic heterocycles. The molecule has 2 aromatic rings. The van der Waals surface area contributed by atoms with E-state index in [1.165, 1.54) is 35.1 Å². The zero-order valence-electron chi connectivity index (χ0n) is 17.8. The standard InChI is InChI=1S/C26H32O2/c1-6-7-20-16-22-23(26(4,5)15-14-25(22,2)3)17-21(20)13-10-18-8-11-19(12-9-18)24(27)28/h8-13,16-17H,6-7,14-15H2,1-5H3,(H,27,28)/b13-10+. The predicted octanol–water partition coefficient (Wildman–Crippen LogP) is 6.86. The Kier molecular flexibility index (Phi) is 5.52. The SMILES string of the molecule is CCCc1cc2c(cc1/C=C/c1ccc(C(=O)O)cc1)C(C)(C)CCC2(C)C. The van der Waals surface area contributed by atoms with Crippen molar-refractivity contribution in [3.8, 4) is 0 Å². The molecule has 1 N–H and O–H groups in total. The van der Waals surface area contributed by atoms with Gasteiger partial charge in [-0.25, -0.2) is 4.79 Å². The number of aryl methyl sites for hydroxylation is 1. The molecular weight excluding hydrogens is 344 g/mol. The quantitative estimate of drug-likeness (QED) is 0.579. The summed E-state index contributed by atoms with van der Waals surface area (Å²) in [5, 5.41) is 9.06. The van der Waals surface area contributed by atoms with Gasteiger partial charge in [0, 0.05) is 0 Å². The molecule has 0 bridgehead atoms. The molecule has 1 aliphatic carbocycles. The van der Waals surface area contributed by atoms with Gasteiger partial charge in [-0.1, -0.05) is 77.5 Å². The summed E-state index contributed by atoms with van der Waals surface area (Å²) < 4.78 is 0. The number of fused-ring (bicyclic) bond motifs is 1. The number of benzene rings is 2. The summed E-state index contributed by atoms with van der Waals surface area (Å²) in [4.78, 5) is 11.0. The highest BCUT2D eigenvalue weighted by Crippen LogP contribution is 2.46. The molecule has 0 saturated heterocycles. The molecule has 0 fully saturated rings. The first-order chi connectivity index (χ1) is 13.1. The fourth-order valence-electron chi connectivity index (χ4n) is 4.24. The molecule has 2 aromatic carbocycles. The van der Waals surface area contributed by atoms with E-state index >= 15 is 0 Å². The van der Waals surface area contributed by atoms with Crippen LogP contribution in [0.15, 0.2) is 36.4 Å². The number of aromatic carboxylic acids is 1. The summed E-state index contributed by atoms with van der Waals surface area (Å²) in [6.45, 7) is 11.7. The van der Waals surface area contributed by atoms with Crippen LogP contribution in [0.25, 0.3) is 12.2 Å². The second kappa shape index (κ2) is 7.58. The van der Waals surface area contributed by atoms with Crippen LogP contribution in [0.5, 0.6) is 0 Å². The third kappa shape index (κ3) is 4.06. The summed E-state index contributed by atoms with van der Waals surface area (Å²) in [6.07, 6.45) is 8.91. The van der Waals surface area contributed by atoms with Gasteiger partial charge >= 0.3 is 5.97 Å². The maximum absolute atomic E-state index is 11.0. The average molecular weight is 377 g/mol. The largest absolute Gasteiger partial charge is 0.478 e. The zero-order valence-corrected chi connectivity index (χ0v) is 17.8. The number of carboxylic acid groups (broad SMARTS) is 1. The first-order valence-electron chi connectivity index (χ1n) is 10.3. The van der Waals surface area contributed by atoms with Crippen molar-refractivity contribution in [3.63, 3.8) is 0 Å². The molecule has 2 heteroatoms. The molecule has 0 saturated carbocycles. The third-order valence-electron chi connectivity index (χ3n) is 6.24. The van der Waals surface area contributed by atoms with Gasteiger partial charge in [-0.2, -0.15) is 0 Å². The topological polar surface area (TPSA) is 37.3 Å². The molecule has 0 amide bonds. The molecule has 0 aromatic heterocycles. The van der Waals surface area contributed by atoms with Crippen LogP contribution in [0.2, 0.25) is 0 Å². The molecule has 148 valence electrons. The van der Waals surface area contributed by atoms with Crippen molar-refractivity contribution in [1.82, 2.24) is 0 Å². The molecule has 0 radical (unpaired) electrons. The van der Waals surface area contributed by atoms with E-state index in [0.29, 0.717) is 5.56 Å². The van der Waals surface area contributed by atoms with Gasteiger partial charge in [-0.05, 0) is 70.0 Å². The maximum atomic E-state index is 11.0. The number of hydrogen-bond acceptors (Lipinski definition) is 1. The Bertz CT molecular complexity index is 899. The summed E-state index contributed by atoms with van der Waals surface area (Å²) >= 11 is 0. The van der Waals surface area contributed by atoms with E-state index in [0.717, 1.165) is 18.4 Å². The van der Waals surface area contributed by atoms with Gasteiger partial charge in [0.15, 0.2) is 0 Å². The summed E-state index contributed by atoms with van der Waals surface area (Å²) in [5.41, 5.74) is 7.44. The van der Waals surface area contributed by atoms with Crippen molar-refractivity contribution in [2.45, 2.75) is 71.1 Å². The minimum absolute atomic E-state index is 0.196.